The zero-order chi connectivity index (χ0) is 14.6. The summed E-state index contributed by atoms with van der Waals surface area (Å²) in [4.78, 5) is 0.312. The molecule has 1 N–H and O–H groups in total. The summed E-state index contributed by atoms with van der Waals surface area (Å²) in [7, 11) is -1.93. The number of sulfonamides is 1. The minimum absolute atomic E-state index is 0.290. The Balaban J connectivity index is 2.96. The van der Waals surface area contributed by atoms with Gasteiger partial charge in [0.25, 0.3) is 0 Å². The molecule has 4 nitrogen and oxygen atoms in total. The Kier molecular flexibility index (Phi) is 5.52. The molecule has 0 aliphatic heterocycles. The van der Waals surface area contributed by atoms with Gasteiger partial charge < -0.3 is 5.11 Å². The molecule has 5 heteroatoms. The van der Waals surface area contributed by atoms with Crippen molar-refractivity contribution in [3.63, 3.8) is 0 Å². The van der Waals surface area contributed by atoms with E-state index in [4.69, 9.17) is 0 Å². The van der Waals surface area contributed by atoms with Crippen molar-refractivity contribution in [2.24, 2.45) is 0 Å². The molecule has 0 amide bonds. The van der Waals surface area contributed by atoms with Crippen LogP contribution in [0.25, 0.3) is 0 Å². The van der Waals surface area contributed by atoms with Crippen LogP contribution in [0.5, 0.6) is 0 Å². The average molecular weight is 285 g/mol. The van der Waals surface area contributed by atoms with Crippen LogP contribution in [0.3, 0.4) is 0 Å². The van der Waals surface area contributed by atoms with Gasteiger partial charge in [-0.1, -0.05) is 26.0 Å². The molecule has 1 aromatic rings. The second kappa shape index (κ2) is 6.50. The molecule has 0 saturated heterocycles. The number of hydrogen-bond acceptors (Lipinski definition) is 3. The molecule has 0 saturated carbocycles. The van der Waals surface area contributed by atoms with Crippen molar-refractivity contribution in [3.05, 3.63) is 29.8 Å². The van der Waals surface area contributed by atoms with E-state index in [1.54, 1.807) is 32.2 Å². The summed E-state index contributed by atoms with van der Waals surface area (Å²) < 4.78 is 26.0. The van der Waals surface area contributed by atoms with E-state index in [1.807, 2.05) is 19.9 Å². The molecular formula is C14H23NO3S. The summed E-state index contributed by atoms with van der Waals surface area (Å²) in [6.07, 6.45) is -0.0702. The van der Waals surface area contributed by atoms with E-state index in [0.29, 0.717) is 17.9 Å². The number of aliphatic hydroxyl groups excluding tert-OH is 1. The first-order valence-electron chi connectivity index (χ1n) is 6.49. The Morgan fingerprint density at radius 1 is 1.26 bits per heavy atom. The van der Waals surface area contributed by atoms with Crippen molar-refractivity contribution >= 4 is 10.0 Å². The maximum absolute atomic E-state index is 12.4. The second-order valence-corrected chi connectivity index (χ2v) is 7.24. The van der Waals surface area contributed by atoms with Crippen LogP contribution < -0.4 is 0 Å². The lowest BCUT2D eigenvalue weighted by Crippen LogP contribution is -2.29. The van der Waals surface area contributed by atoms with Crippen LogP contribution >= 0.6 is 0 Å². The Morgan fingerprint density at radius 3 is 2.42 bits per heavy atom. The number of rotatable bonds is 6. The van der Waals surface area contributed by atoms with Gasteiger partial charge in [-0.25, -0.2) is 12.7 Å². The summed E-state index contributed by atoms with van der Waals surface area (Å²) in [6, 6.07) is 7.03. The van der Waals surface area contributed by atoms with Gasteiger partial charge in [-0.05, 0) is 37.0 Å². The van der Waals surface area contributed by atoms with Crippen molar-refractivity contribution < 1.29 is 13.5 Å². The molecule has 0 fully saturated rings. The summed E-state index contributed by atoms with van der Waals surface area (Å²) in [6.45, 7) is 6.03. The van der Waals surface area contributed by atoms with Gasteiger partial charge in [-0.3, -0.25) is 0 Å². The molecule has 0 aliphatic carbocycles. The zero-order valence-electron chi connectivity index (χ0n) is 12.0. The molecule has 0 radical (unpaired) electrons. The summed E-state index contributed by atoms with van der Waals surface area (Å²) in [5.74, 6) is 0.290. The van der Waals surface area contributed by atoms with Crippen LogP contribution in [0.1, 0.15) is 38.7 Å². The molecule has 0 heterocycles. The van der Waals surface area contributed by atoms with Gasteiger partial charge in [-0.2, -0.15) is 0 Å². The highest BCUT2D eigenvalue weighted by molar-refractivity contribution is 7.89. The normalized spacial score (nSPS) is 14.1. The SMILES string of the molecule is CC(C)c1cccc(S(=O)(=O)N(C)CC[C@H](C)O)c1. The van der Waals surface area contributed by atoms with Crippen molar-refractivity contribution in [3.8, 4) is 0 Å². The van der Waals surface area contributed by atoms with Gasteiger partial charge in [0.05, 0.1) is 11.0 Å². The van der Waals surface area contributed by atoms with Gasteiger partial charge in [-0.15, -0.1) is 0 Å². The van der Waals surface area contributed by atoms with E-state index in [1.165, 1.54) is 4.31 Å². The van der Waals surface area contributed by atoms with Crippen LogP contribution in [0.4, 0.5) is 0 Å². The van der Waals surface area contributed by atoms with Crippen LogP contribution in [0.15, 0.2) is 29.2 Å². The minimum atomic E-state index is -3.47. The fraction of sp³-hybridized carbons (Fsp3) is 0.571. The second-order valence-electron chi connectivity index (χ2n) is 5.19. The van der Waals surface area contributed by atoms with Gasteiger partial charge in [0.15, 0.2) is 0 Å². The maximum atomic E-state index is 12.4. The molecule has 1 rings (SSSR count). The van der Waals surface area contributed by atoms with Gasteiger partial charge >= 0.3 is 0 Å². The largest absolute Gasteiger partial charge is 0.393 e. The highest BCUT2D eigenvalue weighted by Gasteiger charge is 2.21. The van der Waals surface area contributed by atoms with Gasteiger partial charge in [0, 0.05) is 13.6 Å². The predicted molar refractivity (Wildman–Crippen MR) is 76.6 cm³/mol. The lowest BCUT2D eigenvalue weighted by Gasteiger charge is -2.18. The van der Waals surface area contributed by atoms with E-state index in [2.05, 4.69) is 0 Å². The summed E-state index contributed by atoms with van der Waals surface area (Å²) in [5.41, 5.74) is 1.00. The van der Waals surface area contributed by atoms with Crippen molar-refractivity contribution in [2.45, 2.75) is 44.1 Å². The summed E-state index contributed by atoms with van der Waals surface area (Å²) >= 11 is 0. The molecule has 1 aromatic carbocycles. The molecule has 0 aliphatic rings. The van der Waals surface area contributed by atoms with Crippen molar-refractivity contribution in [1.82, 2.24) is 4.31 Å². The zero-order valence-corrected chi connectivity index (χ0v) is 12.8. The Bertz CT molecular complexity index is 509. The van der Waals surface area contributed by atoms with Crippen LogP contribution in [-0.4, -0.2) is 37.5 Å². The van der Waals surface area contributed by atoms with Crippen LogP contribution in [0, 0.1) is 0 Å². The molecule has 19 heavy (non-hydrogen) atoms. The van der Waals surface area contributed by atoms with Crippen molar-refractivity contribution in [2.75, 3.05) is 13.6 Å². The third-order valence-corrected chi connectivity index (χ3v) is 4.95. The highest BCUT2D eigenvalue weighted by atomic mass is 32.2. The molecule has 1 atom stereocenters. The monoisotopic (exact) mass is 285 g/mol. The summed E-state index contributed by atoms with van der Waals surface area (Å²) in [5, 5.41) is 9.23. The predicted octanol–water partition coefficient (Wildman–Crippen LogP) is 2.20. The molecule has 0 aromatic heterocycles. The van der Waals surface area contributed by atoms with Crippen molar-refractivity contribution in [1.29, 1.82) is 0 Å². The fourth-order valence-corrected chi connectivity index (χ4v) is 2.94. The first kappa shape index (κ1) is 16.1. The lowest BCUT2D eigenvalue weighted by atomic mass is 10.0. The Hall–Kier alpha value is -0.910. The van der Waals surface area contributed by atoms with E-state index >= 15 is 0 Å². The average Bonchev–Trinajstić information content (AvgIpc) is 2.35. The van der Waals surface area contributed by atoms with E-state index in [9.17, 15) is 13.5 Å². The third-order valence-electron chi connectivity index (χ3n) is 3.09. The van der Waals surface area contributed by atoms with Gasteiger partial charge in [0.2, 0.25) is 10.0 Å². The fourth-order valence-electron chi connectivity index (χ4n) is 1.70. The van der Waals surface area contributed by atoms with E-state index < -0.39 is 16.1 Å². The lowest BCUT2D eigenvalue weighted by molar-refractivity contribution is 0.177. The number of benzene rings is 1. The van der Waals surface area contributed by atoms with Crippen LogP contribution in [0.2, 0.25) is 0 Å². The first-order chi connectivity index (χ1) is 8.75. The maximum Gasteiger partial charge on any atom is 0.242 e. The highest BCUT2D eigenvalue weighted by Crippen LogP contribution is 2.21. The standard InChI is InChI=1S/C14H23NO3S/c1-11(2)13-6-5-7-14(10-13)19(17,18)15(4)9-8-12(3)16/h5-7,10-12,16H,8-9H2,1-4H3/t12-/m0/s1. The first-order valence-corrected chi connectivity index (χ1v) is 7.93. The molecule has 0 spiro atoms. The number of hydrogen-bond donors (Lipinski definition) is 1. The quantitative estimate of drug-likeness (QED) is 0.871. The molecule has 0 bridgehead atoms. The van der Waals surface area contributed by atoms with Gasteiger partial charge in [0.1, 0.15) is 0 Å². The van der Waals surface area contributed by atoms with E-state index in [-0.39, 0.29) is 5.92 Å². The van der Waals surface area contributed by atoms with Crippen LogP contribution in [-0.2, 0) is 10.0 Å². The Labute approximate surface area is 116 Å². The van der Waals surface area contributed by atoms with E-state index in [0.717, 1.165) is 5.56 Å². The molecular weight excluding hydrogens is 262 g/mol. The third kappa shape index (κ3) is 4.30. The molecule has 108 valence electrons. The molecule has 0 unspecified atom stereocenters. The smallest absolute Gasteiger partial charge is 0.242 e. The topological polar surface area (TPSA) is 57.6 Å². The number of aliphatic hydroxyl groups is 1. The Morgan fingerprint density at radius 2 is 1.89 bits per heavy atom. The minimum Gasteiger partial charge on any atom is -0.393 e. The number of nitrogens with zero attached hydrogens (tertiary/aromatic N) is 1.